The third-order valence-corrected chi connectivity index (χ3v) is 7.46. The molecule has 2 heterocycles. The number of para-hydroxylation sites is 1. The number of aromatic nitrogens is 2. The van der Waals surface area contributed by atoms with Gasteiger partial charge in [0.05, 0.1) is 5.52 Å². The van der Waals surface area contributed by atoms with Gasteiger partial charge in [-0.15, -0.1) is 0 Å². The van der Waals surface area contributed by atoms with Gasteiger partial charge in [0, 0.05) is 40.5 Å². The fourth-order valence-corrected chi connectivity index (χ4v) is 5.95. The Kier molecular flexibility index (Phi) is 5.51. The molecule has 29 heavy (non-hydrogen) atoms. The first-order valence-electron chi connectivity index (χ1n) is 10.4. The highest BCUT2D eigenvalue weighted by Crippen LogP contribution is 2.38. The molecule has 1 aliphatic heterocycles. The third kappa shape index (κ3) is 4.03. The van der Waals surface area contributed by atoms with Crippen LogP contribution in [0, 0.1) is 0 Å². The molecule has 1 unspecified atom stereocenters. The Morgan fingerprint density at radius 1 is 1.00 bits per heavy atom. The fraction of sp³-hybridized carbons (Fsp3) is 0.391. The van der Waals surface area contributed by atoms with Gasteiger partial charge in [-0.25, -0.2) is 4.98 Å². The molecule has 3 aromatic rings. The lowest BCUT2D eigenvalue weighted by molar-refractivity contribution is 0.738. The largest absolute Gasteiger partial charge is 0.367 e. The van der Waals surface area contributed by atoms with Crippen molar-refractivity contribution >= 4 is 46.0 Å². The summed E-state index contributed by atoms with van der Waals surface area (Å²) in [7, 11) is 0. The molecular formula is C23H25ClN4S. The highest BCUT2D eigenvalue weighted by Gasteiger charge is 2.26. The van der Waals surface area contributed by atoms with E-state index in [4.69, 9.17) is 21.6 Å². The molecule has 4 nitrogen and oxygen atoms in total. The maximum atomic E-state index is 6.48. The van der Waals surface area contributed by atoms with Crippen LogP contribution in [0.15, 0.2) is 48.5 Å². The van der Waals surface area contributed by atoms with Crippen molar-refractivity contribution in [3.63, 3.8) is 0 Å². The molecule has 2 fully saturated rings. The molecule has 2 aliphatic rings. The van der Waals surface area contributed by atoms with E-state index in [9.17, 15) is 0 Å². The molecule has 0 spiro atoms. The minimum atomic E-state index is 0.332. The van der Waals surface area contributed by atoms with Crippen LogP contribution in [0.3, 0.4) is 0 Å². The van der Waals surface area contributed by atoms with E-state index in [1.807, 2.05) is 23.9 Å². The lowest BCUT2D eigenvalue weighted by Gasteiger charge is -2.33. The first-order valence-corrected chi connectivity index (χ1v) is 11.8. The van der Waals surface area contributed by atoms with E-state index in [0.29, 0.717) is 11.3 Å². The molecule has 0 radical (unpaired) electrons. The van der Waals surface area contributed by atoms with Crippen LogP contribution in [0.4, 0.5) is 11.8 Å². The van der Waals surface area contributed by atoms with Crippen LogP contribution in [-0.2, 0) is 0 Å². The number of nitrogens with one attached hydrogen (secondary N) is 1. The number of anilines is 2. The highest BCUT2D eigenvalue weighted by molar-refractivity contribution is 7.99. The van der Waals surface area contributed by atoms with Crippen molar-refractivity contribution in [1.82, 2.24) is 9.97 Å². The number of benzene rings is 2. The Labute approximate surface area is 181 Å². The molecule has 6 heteroatoms. The quantitative estimate of drug-likeness (QED) is 0.561. The van der Waals surface area contributed by atoms with E-state index >= 15 is 0 Å². The van der Waals surface area contributed by atoms with Crippen LogP contribution < -0.4 is 10.2 Å². The van der Waals surface area contributed by atoms with Crippen molar-refractivity contribution in [2.45, 2.75) is 37.0 Å². The van der Waals surface area contributed by atoms with Gasteiger partial charge in [-0.2, -0.15) is 16.7 Å². The molecule has 1 aliphatic carbocycles. The minimum absolute atomic E-state index is 0.332. The number of hydrogen-bond donors (Lipinski definition) is 1. The van der Waals surface area contributed by atoms with E-state index in [2.05, 4.69) is 46.6 Å². The van der Waals surface area contributed by atoms with Gasteiger partial charge < -0.3 is 10.2 Å². The van der Waals surface area contributed by atoms with Crippen LogP contribution in [0.1, 0.15) is 36.5 Å². The Morgan fingerprint density at radius 3 is 2.66 bits per heavy atom. The molecule has 1 atom stereocenters. The fourth-order valence-electron chi connectivity index (χ4n) is 4.33. The number of hydrogen-bond acceptors (Lipinski definition) is 5. The summed E-state index contributed by atoms with van der Waals surface area (Å²) >= 11 is 8.44. The van der Waals surface area contributed by atoms with Gasteiger partial charge in [-0.3, -0.25) is 0 Å². The summed E-state index contributed by atoms with van der Waals surface area (Å²) in [5.41, 5.74) is 2.21. The van der Waals surface area contributed by atoms with Crippen LogP contribution >= 0.6 is 23.4 Å². The lowest BCUT2D eigenvalue weighted by Crippen LogP contribution is -2.36. The molecule has 1 saturated heterocycles. The van der Waals surface area contributed by atoms with Crippen LogP contribution in [0.5, 0.6) is 0 Å². The summed E-state index contributed by atoms with van der Waals surface area (Å²) in [5.74, 6) is 2.84. The first-order chi connectivity index (χ1) is 14.3. The van der Waals surface area contributed by atoms with Crippen LogP contribution in [-0.4, -0.2) is 34.9 Å². The Morgan fingerprint density at radius 2 is 1.79 bits per heavy atom. The normalized spacial score (nSPS) is 20.3. The maximum absolute atomic E-state index is 6.48. The van der Waals surface area contributed by atoms with Crippen molar-refractivity contribution in [3.8, 4) is 0 Å². The second kappa shape index (κ2) is 8.41. The zero-order valence-corrected chi connectivity index (χ0v) is 17.9. The second-order valence-electron chi connectivity index (χ2n) is 7.84. The molecule has 0 amide bonds. The summed E-state index contributed by atoms with van der Waals surface area (Å²) in [6.07, 6.45) is 5.05. The van der Waals surface area contributed by atoms with Gasteiger partial charge in [0.1, 0.15) is 5.82 Å². The molecule has 5 rings (SSSR count). The molecule has 1 saturated carbocycles. The van der Waals surface area contributed by atoms with Gasteiger partial charge >= 0.3 is 0 Å². The standard InChI is InChI=1S/C23H25ClN4S/c24-19-11-5-3-9-17(19)21-15-28(13-14-29-21)23-26-20-12-6-4-10-18(20)22(27-23)25-16-7-1-2-8-16/h3-6,9-12,16,21H,1-2,7-8,13-15H2,(H,25,26,27). The van der Waals surface area contributed by atoms with Gasteiger partial charge in [0.25, 0.3) is 0 Å². The minimum Gasteiger partial charge on any atom is -0.367 e. The van der Waals surface area contributed by atoms with Crippen LogP contribution in [0.25, 0.3) is 10.9 Å². The van der Waals surface area contributed by atoms with Gasteiger partial charge in [0.15, 0.2) is 0 Å². The van der Waals surface area contributed by atoms with Crippen molar-refractivity contribution in [2.24, 2.45) is 0 Å². The van der Waals surface area contributed by atoms with E-state index in [0.717, 1.165) is 46.5 Å². The van der Waals surface area contributed by atoms with Crippen molar-refractivity contribution in [3.05, 3.63) is 59.1 Å². The molecule has 1 N–H and O–H groups in total. The average Bonchev–Trinajstić information content (AvgIpc) is 3.27. The molecule has 2 aromatic carbocycles. The average molecular weight is 425 g/mol. The topological polar surface area (TPSA) is 41.1 Å². The van der Waals surface area contributed by atoms with Crippen molar-refractivity contribution < 1.29 is 0 Å². The molecule has 0 bridgehead atoms. The Balaban J connectivity index is 1.46. The third-order valence-electron chi connectivity index (χ3n) is 5.89. The van der Waals surface area contributed by atoms with E-state index in [1.54, 1.807) is 0 Å². The van der Waals surface area contributed by atoms with Crippen LogP contribution in [0.2, 0.25) is 5.02 Å². The van der Waals surface area contributed by atoms with Gasteiger partial charge in [0.2, 0.25) is 5.95 Å². The number of rotatable bonds is 4. The number of fused-ring (bicyclic) bond motifs is 1. The summed E-state index contributed by atoms with van der Waals surface area (Å²) in [6, 6.07) is 17.0. The van der Waals surface area contributed by atoms with Crippen molar-refractivity contribution in [1.29, 1.82) is 0 Å². The summed E-state index contributed by atoms with van der Waals surface area (Å²) < 4.78 is 0. The number of thioether (sulfide) groups is 1. The number of halogens is 1. The van der Waals surface area contributed by atoms with E-state index in [-0.39, 0.29) is 0 Å². The van der Waals surface area contributed by atoms with Crippen molar-refractivity contribution in [2.75, 3.05) is 29.1 Å². The zero-order valence-electron chi connectivity index (χ0n) is 16.4. The zero-order chi connectivity index (χ0) is 19.6. The molecular weight excluding hydrogens is 400 g/mol. The van der Waals surface area contributed by atoms with E-state index < -0.39 is 0 Å². The summed E-state index contributed by atoms with van der Waals surface area (Å²) in [4.78, 5) is 12.2. The monoisotopic (exact) mass is 424 g/mol. The summed E-state index contributed by atoms with van der Waals surface area (Å²) in [5, 5.41) is 5.99. The van der Waals surface area contributed by atoms with E-state index in [1.165, 1.54) is 31.2 Å². The SMILES string of the molecule is Clc1ccccc1C1CN(c2nc(NC3CCCC3)c3ccccc3n2)CCS1. The first kappa shape index (κ1) is 19.0. The van der Waals surface area contributed by atoms with Gasteiger partial charge in [-0.1, -0.05) is 54.8 Å². The predicted octanol–water partition coefficient (Wildman–Crippen LogP) is 5.93. The van der Waals surface area contributed by atoms with Gasteiger partial charge in [-0.05, 0) is 36.6 Å². The molecule has 150 valence electrons. The lowest BCUT2D eigenvalue weighted by atomic mass is 10.1. The number of nitrogens with zero attached hydrogens (tertiary/aromatic N) is 3. The second-order valence-corrected chi connectivity index (χ2v) is 9.56. The summed E-state index contributed by atoms with van der Waals surface area (Å²) in [6.45, 7) is 1.82. The Hall–Kier alpha value is -1.98. The predicted molar refractivity (Wildman–Crippen MR) is 124 cm³/mol. The Bertz CT molecular complexity index is 1010. The molecule has 1 aromatic heterocycles. The highest BCUT2D eigenvalue weighted by atomic mass is 35.5. The smallest absolute Gasteiger partial charge is 0.227 e. The maximum Gasteiger partial charge on any atom is 0.227 e.